The lowest BCUT2D eigenvalue weighted by Gasteiger charge is -2.03. The van der Waals surface area contributed by atoms with Gasteiger partial charge in [0, 0.05) is 11.9 Å². The Morgan fingerprint density at radius 1 is 1.21 bits per heavy atom. The standard InChI is InChI=1S/C10H10N4/c1-7-2-3-8(11)10(14-7)9-4-5-12-6-13-9/h2-6H,11H2,1H3. The molecule has 0 saturated heterocycles. The Hall–Kier alpha value is -1.97. The predicted octanol–water partition coefficient (Wildman–Crippen LogP) is 1.43. The van der Waals surface area contributed by atoms with Gasteiger partial charge in [-0.2, -0.15) is 0 Å². The van der Waals surface area contributed by atoms with Gasteiger partial charge in [-0.25, -0.2) is 15.0 Å². The molecular formula is C10H10N4. The zero-order valence-electron chi connectivity index (χ0n) is 7.81. The number of rotatable bonds is 1. The quantitative estimate of drug-likeness (QED) is 0.731. The zero-order valence-corrected chi connectivity index (χ0v) is 7.81. The topological polar surface area (TPSA) is 64.7 Å². The van der Waals surface area contributed by atoms with Crippen LogP contribution in [-0.2, 0) is 0 Å². The molecule has 0 aliphatic rings. The number of aromatic nitrogens is 3. The fraction of sp³-hybridized carbons (Fsp3) is 0.100. The molecule has 0 amide bonds. The van der Waals surface area contributed by atoms with Gasteiger partial charge < -0.3 is 5.73 Å². The van der Waals surface area contributed by atoms with Crippen LogP contribution in [0.3, 0.4) is 0 Å². The molecule has 2 aromatic rings. The van der Waals surface area contributed by atoms with E-state index in [-0.39, 0.29) is 0 Å². The third kappa shape index (κ3) is 1.54. The Kier molecular flexibility index (Phi) is 2.10. The lowest BCUT2D eigenvalue weighted by Crippen LogP contribution is -1.96. The van der Waals surface area contributed by atoms with E-state index in [0.29, 0.717) is 11.4 Å². The third-order valence-electron chi connectivity index (χ3n) is 1.89. The Morgan fingerprint density at radius 3 is 2.79 bits per heavy atom. The van der Waals surface area contributed by atoms with Crippen LogP contribution in [0.25, 0.3) is 11.4 Å². The highest BCUT2D eigenvalue weighted by molar-refractivity contribution is 5.69. The van der Waals surface area contributed by atoms with Crippen LogP contribution in [0.1, 0.15) is 5.69 Å². The first kappa shape index (κ1) is 8.62. The molecule has 0 bridgehead atoms. The van der Waals surface area contributed by atoms with E-state index in [9.17, 15) is 0 Å². The van der Waals surface area contributed by atoms with Crippen LogP contribution in [0.4, 0.5) is 5.69 Å². The van der Waals surface area contributed by atoms with Crippen molar-refractivity contribution in [2.45, 2.75) is 6.92 Å². The lowest BCUT2D eigenvalue weighted by atomic mass is 10.2. The van der Waals surface area contributed by atoms with Crippen molar-refractivity contribution in [2.75, 3.05) is 5.73 Å². The summed E-state index contributed by atoms with van der Waals surface area (Å²) in [7, 11) is 0. The number of nitrogen functional groups attached to an aromatic ring is 1. The summed E-state index contributed by atoms with van der Waals surface area (Å²) in [5, 5.41) is 0. The normalized spacial score (nSPS) is 10.1. The average molecular weight is 186 g/mol. The number of aryl methyl sites for hydroxylation is 1. The van der Waals surface area contributed by atoms with Gasteiger partial charge in [-0.05, 0) is 25.1 Å². The van der Waals surface area contributed by atoms with Gasteiger partial charge in [0.1, 0.15) is 12.0 Å². The lowest BCUT2D eigenvalue weighted by molar-refractivity contribution is 1.13. The highest BCUT2D eigenvalue weighted by Gasteiger charge is 2.04. The highest BCUT2D eigenvalue weighted by atomic mass is 14.9. The van der Waals surface area contributed by atoms with E-state index >= 15 is 0 Å². The second-order valence-electron chi connectivity index (χ2n) is 2.99. The predicted molar refractivity (Wildman–Crippen MR) is 54.4 cm³/mol. The molecule has 4 heteroatoms. The number of nitrogens with zero attached hydrogens (tertiary/aromatic N) is 3. The van der Waals surface area contributed by atoms with Crippen molar-refractivity contribution < 1.29 is 0 Å². The minimum absolute atomic E-state index is 0.634. The average Bonchev–Trinajstić information content (AvgIpc) is 2.23. The van der Waals surface area contributed by atoms with Gasteiger partial charge >= 0.3 is 0 Å². The van der Waals surface area contributed by atoms with E-state index in [0.717, 1.165) is 11.4 Å². The van der Waals surface area contributed by atoms with Crippen LogP contribution >= 0.6 is 0 Å². The van der Waals surface area contributed by atoms with E-state index in [1.807, 2.05) is 19.1 Å². The smallest absolute Gasteiger partial charge is 0.116 e. The molecule has 2 rings (SSSR count). The van der Waals surface area contributed by atoms with Crippen molar-refractivity contribution in [3.8, 4) is 11.4 Å². The molecule has 0 spiro atoms. The van der Waals surface area contributed by atoms with Crippen molar-refractivity contribution >= 4 is 5.69 Å². The molecule has 4 nitrogen and oxygen atoms in total. The maximum absolute atomic E-state index is 5.80. The van der Waals surface area contributed by atoms with Crippen LogP contribution in [-0.4, -0.2) is 15.0 Å². The summed E-state index contributed by atoms with van der Waals surface area (Å²) in [6.45, 7) is 1.92. The van der Waals surface area contributed by atoms with Crippen LogP contribution in [0, 0.1) is 6.92 Å². The summed E-state index contributed by atoms with van der Waals surface area (Å²) >= 11 is 0. The van der Waals surface area contributed by atoms with Gasteiger partial charge in [-0.3, -0.25) is 0 Å². The van der Waals surface area contributed by atoms with Gasteiger partial charge in [0.2, 0.25) is 0 Å². The third-order valence-corrected chi connectivity index (χ3v) is 1.89. The molecule has 0 aromatic carbocycles. The van der Waals surface area contributed by atoms with E-state index in [4.69, 9.17) is 5.73 Å². The van der Waals surface area contributed by atoms with Gasteiger partial charge in [-0.1, -0.05) is 0 Å². The number of hydrogen-bond acceptors (Lipinski definition) is 4. The van der Waals surface area contributed by atoms with E-state index in [1.165, 1.54) is 6.33 Å². The van der Waals surface area contributed by atoms with Crippen molar-refractivity contribution in [1.29, 1.82) is 0 Å². The molecule has 0 aliphatic heterocycles. The van der Waals surface area contributed by atoms with Gasteiger partial charge in [0.05, 0.1) is 11.4 Å². The summed E-state index contributed by atoms with van der Waals surface area (Å²) in [4.78, 5) is 12.3. The van der Waals surface area contributed by atoms with E-state index < -0.39 is 0 Å². The molecule has 70 valence electrons. The largest absolute Gasteiger partial charge is 0.397 e. The molecule has 2 heterocycles. The second kappa shape index (κ2) is 3.41. The van der Waals surface area contributed by atoms with Crippen LogP contribution < -0.4 is 5.73 Å². The second-order valence-corrected chi connectivity index (χ2v) is 2.99. The maximum Gasteiger partial charge on any atom is 0.116 e. The highest BCUT2D eigenvalue weighted by Crippen LogP contribution is 2.20. The number of pyridine rings is 1. The van der Waals surface area contributed by atoms with Crippen molar-refractivity contribution in [2.24, 2.45) is 0 Å². The SMILES string of the molecule is Cc1ccc(N)c(-c2ccncn2)n1. The molecule has 0 atom stereocenters. The molecule has 2 aromatic heterocycles. The summed E-state index contributed by atoms with van der Waals surface area (Å²) in [5.41, 5.74) is 8.82. The molecule has 0 aliphatic carbocycles. The summed E-state index contributed by atoms with van der Waals surface area (Å²) in [6.07, 6.45) is 3.16. The first-order chi connectivity index (χ1) is 6.77. The first-order valence-electron chi connectivity index (χ1n) is 4.27. The molecule has 2 N–H and O–H groups in total. The van der Waals surface area contributed by atoms with Gasteiger partial charge in [0.25, 0.3) is 0 Å². The van der Waals surface area contributed by atoms with Crippen molar-refractivity contribution in [3.05, 3.63) is 36.4 Å². The number of hydrogen-bond donors (Lipinski definition) is 1. The van der Waals surface area contributed by atoms with E-state index in [2.05, 4.69) is 15.0 Å². The van der Waals surface area contributed by atoms with Crippen LogP contribution in [0.2, 0.25) is 0 Å². The fourth-order valence-electron chi connectivity index (χ4n) is 1.20. The molecule has 0 saturated carbocycles. The summed E-state index contributed by atoms with van der Waals surface area (Å²) in [6, 6.07) is 5.50. The van der Waals surface area contributed by atoms with Crippen LogP contribution in [0.15, 0.2) is 30.7 Å². The molecule has 14 heavy (non-hydrogen) atoms. The van der Waals surface area contributed by atoms with E-state index in [1.54, 1.807) is 12.3 Å². The zero-order chi connectivity index (χ0) is 9.97. The molecule has 0 radical (unpaired) electrons. The minimum atomic E-state index is 0.634. The van der Waals surface area contributed by atoms with Gasteiger partial charge in [-0.15, -0.1) is 0 Å². The number of anilines is 1. The van der Waals surface area contributed by atoms with Crippen molar-refractivity contribution in [1.82, 2.24) is 15.0 Å². The Bertz CT molecular complexity index is 439. The summed E-state index contributed by atoms with van der Waals surface area (Å²) in [5.74, 6) is 0. The summed E-state index contributed by atoms with van der Waals surface area (Å²) < 4.78 is 0. The van der Waals surface area contributed by atoms with Gasteiger partial charge in [0.15, 0.2) is 0 Å². The monoisotopic (exact) mass is 186 g/mol. The molecular weight excluding hydrogens is 176 g/mol. The Labute approximate surface area is 81.9 Å². The molecule has 0 fully saturated rings. The first-order valence-corrected chi connectivity index (χ1v) is 4.27. The van der Waals surface area contributed by atoms with Crippen LogP contribution in [0.5, 0.6) is 0 Å². The minimum Gasteiger partial charge on any atom is -0.397 e. The number of nitrogens with two attached hydrogens (primary N) is 1. The maximum atomic E-state index is 5.80. The fourth-order valence-corrected chi connectivity index (χ4v) is 1.20. The van der Waals surface area contributed by atoms with Crippen molar-refractivity contribution in [3.63, 3.8) is 0 Å². The Morgan fingerprint density at radius 2 is 2.07 bits per heavy atom. The molecule has 0 unspecified atom stereocenters. The Balaban J connectivity index is 2.57.